The average Bonchev–Trinajstić information content (AvgIpc) is 2.75. The molecule has 4 nitrogen and oxygen atoms in total. The van der Waals surface area contributed by atoms with Crippen molar-refractivity contribution in [3.05, 3.63) is 70.9 Å². The molecule has 5 heteroatoms. The fourth-order valence-corrected chi connectivity index (χ4v) is 3.73. The van der Waals surface area contributed by atoms with Crippen LogP contribution in [0.15, 0.2) is 54.7 Å². The molecule has 0 saturated carbocycles. The highest BCUT2D eigenvalue weighted by atomic mass is 35.5. The summed E-state index contributed by atoms with van der Waals surface area (Å²) in [6.45, 7) is 4.90. The lowest BCUT2D eigenvalue weighted by Gasteiger charge is -2.21. The molecule has 158 valence electrons. The number of aryl methyl sites for hydroxylation is 1. The fourth-order valence-electron chi connectivity index (χ4n) is 3.56. The van der Waals surface area contributed by atoms with Gasteiger partial charge in [-0.2, -0.15) is 0 Å². The number of halogens is 1. The molecule has 0 unspecified atom stereocenters. The first-order valence-corrected chi connectivity index (χ1v) is 11.1. The van der Waals surface area contributed by atoms with Crippen molar-refractivity contribution >= 4 is 34.1 Å². The molecule has 0 radical (unpaired) electrons. The Bertz CT molecular complexity index is 972. The van der Waals surface area contributed by atoms with E-state index in [0.29, 0.717) is 23.2 Å². The Hall–Kier alpha value is -2.59. The van der Waals surface area contributed by atoms with E-state index in [1.165, 1.54) is 6.42 Å². The van der Waals surface area contributed by atoms with Gasteiger partial charge in [0.05, 0.1) is 5.52 Å². The largest absolute Gasteiger partial charge is 0.382 e. The summed E-state index contributed by atoms with van der Waals surface area (Å²) in [6.07, 6.45) is 7.16. The highest BCUT2D eigenvalue weighted by Gasteiger charge is 2.11. The first-order valence-electron chi connectivity index (χ1n) is 10.7. The summed E-state index contributed by atoms with van der Waals surface area (Å²) in [7, 11) is 0. The third-order valence-electron chi connectivity index (χ3n) is 5.30. The van der Waals surface area contributed by atoms with Crippen molar-refractivity contribution in [2.75, 3.05) is 11.9 Å². The standard InChI is InChI=1S/C25H30ClN3O/c1-3-4-6-21(7-5-15-28-25(30)19-10-8-18(2)9-11-19)29-23-14-16-27-24-17-20(26)12-13-22(23)24/h8-14,16-17,21H,3-7,15H2,1-2H3,(H,27,29)(H,28,30)/t21-/m1/s1. The van der Waals surface area contributed by atoms with E-state index >= 15 is 0 Å². The van der Waals surface area contributed by atoms with Crippen LogP contribution in [0.25, 0.3) is 10.9 Å². The molecule has 1 amide bonds. The predicted molar refractivity (Wildman–Crippen MR) is 126 cm³/mol. The number of hydrogen-bond donors (Lipinski definition) is 2. The maximum absolute atomic E-state index is 12.3. The van der Waals surface area contributed by atoms with E-state index in [9.17, 15) is 4.79 Å². The van der Waals surface area contributed by atoms with Crippen molar-refractivity contribution in [2.24, 2.45) is 0 Å². The number of carbonyl (C=O) groups excluding carboxylic acids is 1. The zero-order valence-corrected chi connectivity index (χ0v) is 18.5. The molecule has 0 spiro atoms. The molecular formula is C25H30ClN3O. The number of nitrogens with one attached hydrogen (secondary N) is 2. The minimum atomic E-state index is -0.00919. The van der Waals surface area contributed by atoms with E-state index in [0.717, 1.165) is 47.8 Å². The Morgan fingerprint density at radius 3 is 2.60 bits per heavy atom. The van der Waals surface area contributed by atoms with Gasteiger partial charge in [-0.3, -0.25) is 9.78 Å². The number of aromatic nitrogens is 1. The molecule has 1 heterocycles. The van der Waals surface area contributed by atoms with Crippen LogP contribution in [-0.4, -0.2) is 23.5 Å². The van der Waals surface area contributed by atoms with Crippen molar-refractivity contribution in [3.63, 3.8) is 0 Å². The van der Waals surface area contributed by atoms with Gasteiger partial charge in [-0.15, -0.1) is 0 Å². The van der Waals surface area contributed by atoms with E-state index in [1.807, 2.05) is 61.7 Å². The Balaban J connectivity index is 1.57. The monoisotopic (exact) mass is 423 g/mol. The smallest absolute Gasteiger partial charge is 0.251 e. The molecule has 0 bridgehead atoms. The minimum absolute atomic E-state index is 0.00919. The van der Waals surface area contributed by atoms with E-state index in [1.54, 1.807) is 0 Å². The summed E-state index contributed by atoms with van der Waals surface area (Å²) in [4.78, 5) is 16.7. The number of benzene rings is 2. The summed E-state index contributed by atoms with van der Waals surface area (Å²) in [5.41, 5.74) is 3.85. The Morgan fingerprint density at radius 1 is 1.07 bits per heavy atom. The number of anilines is 1. The lowest BCUT2D eigenvalue weighted by Crippen LogP contribution is -2.26. The molecular weight excluding hydrogens is 394 g/mol. The van der Waals surface area contributed by atoms with Gasteiger partial charge >= 0.3 is 0 Å². The SMILES string of the molecule is CCCC[C@H](CCCNC(=O)c1ccc(C)cc1)Nc1ccnc2cc(Cl)ccc12. The molecule has 0 aliphatic heterocycles. The van der Waals surface area contributed by atoms with Gasteiger partial charge in [0, 0.05) is 40.4 Å². The highest BCUT2D eigenvalue weighted by molar-refractivity contribution is 6.31. The number of amides is 1. The van der Waals surface area contributed by atoms with Gasteiger partial charge in [-0.1, -0.05) is 49.1 Å². The van der Waals surface area contributed by atoms with Crippen molar-refractivity contribution in [2.45, 2.75) is 52.0 Å². The zero-order valence-electron chi connectivity index (χ0n) is 17.7. The summed E-state index contributed by atoms with van der Waals surface area (Å²) in [5, 5.41) is 8.52. The predicted octanol–water partition coefficient (Wildman–Crippen LogP) is 6.38. The molecule has 1 atom stereocenters. The number of carbonyl (C=O) groups is 1. The van der Waals surface area contributed by atoms with Gasteiger partial charge in [-0.05, 0) is 62.6 Å². The van der Waals surface area contributed by atoms with Gasteiger partial charge in [0.15, 0.2) is 0 Å². The van der Waals surface area contributed by atoms with Crippen LogP contribution in [0.2, 0.25) is 5.02 Å². The van der Waals surface area contributed by atoms with Crippen molar-refractivity contribution in [3.8, 4) is 0 Å². The van der Waals surface area contributed by atoms with Crippen molar-refractivity contribution < 1.29 is 4.79 Å². The number of hydrogen-bond acceptors (Lipinski definition) is 3. The fraction of sp³-hybridized carbons (Fsp3) is 0.360. The minimum Gasteiger partial charge on any atom is -0.382 e. The Kier molecular flexibility index (Phi) is 8.09. The summed E-state index contributed by atoms with van der Waals surface area (Å²) < 4.78 is 0. The lowest BCUT2D eigenvalue weighted by molar-refractivity contribution is 0.0953. The third-order valence-corrected chi connectivity index (χ3v) is 5.53. The van der Waals surface area contributed by atoms with Gasteiger partial charge in [-0.25, -0.2) is 0 Å². The number of nitrogens with zero attached hydrogens (tertiary/aromatic N) is 1. The van der Waals surface area contributed by atoms with Crippen LogP contribution in [0.5, 0.6) is 0 Å². The van der Waals surface area contributed by atoms with Gasteiger partial charge in [0.25, 0.3) is 5.91 Å². The molecule has 0 fully saturated rings. The molecule has 3 aromatic rings. The van der Waals surface area contributed by atoms with E-state index in [4.69, 9.17) is 11.6 Å². The summed E-state index contributed by atoms with van der Waals surface area (Å²) >= 11 is 6.11. The van der Waals surface area contributed by atoms with Crippen LogP contribution in [0.1, 0.15) is 54.9 Å². The molecule has 1 aromatic heterocycles. The second-order valence-corrected chi connectivity index (χ2v) is 8.20. The van der Waals surface area contributed by atoms with E-state index < -0.39 is 0 Å². The first kappa shape index (κ1) is 22.1. The van der Waals surface area contributed by atoms with Crippen LogP contribution in [0.4, 0.5) is 5.69 Å². The maximum Gasteiger partial charge on any atom is 0.251 e. The molecule has 2 N–H and O–H groups in total. The van der Waals surface area contributed by atoms with Crippen LogP contribution in [0, 0.1) is 6.92 Å². The molecule has 3 rings (SSSR count). The Morgan fingerprint density at radius 2 is 1.83 bits per heavy atom. The number of fused-ring (bicyclic) bond motifs is 1. The summed E-state index contributed by atoms with van der Waals surface area (Å²) in [6, 6.07) is 15.9. The number of rotatable bonds is 10. The zero-order chi connectivity index (χ0) is 21.3. The van der Waals surface area contributed by atoms with Crippen LogP contribution in [-0.2, 0) is 0 Å². The normalized spacial score (nSPS) is 12.0. The van der Waals surface area contributed by atoms with E-state index in [-0.39, 0.29) is 5.91 Å². The first-order chi connectivity index (χ1) is 14.6. The molecule has 0 aliphatic rings. The van der Waals surface area contributed by atoms with Crippen LogP contribution < -0.4 is 10.6 Å². The average molecular weight is 424 g/mol. The lowest BCUT2D eigenvalue weighted by atomic mass is 10.0. The van der Waals surface area contributed by atoms with Crippen molar-refractivity contribution in [1.29, 1.82) is 0 Å². The van der Waals surface area contributed by atoms with Gasteiger partial charge < -0.3 is 10.6 Å². The summed E-state index contributed by atoms with van der Waals surface area (Å²) in [5.74, 6) is -0.00919. The molecule has 0 aliphatic carbocycles. The number of unbranched alkanes of at least 4 members (excludes halogenated alkanes) is 1. The van der Waals surface area contributed by atoms with Crippen molar-refractivity contribution in [1.82, 2.24) is 10.3 Å². The Labute approximate surface area is 184 Å². The van der Waals surface area contributed by atoms with Crippen LogP contribution >= 0.6 is 11.6 Å². The second-order valence-electron chi connectivity index (χ2n) is 7.77. The maximum atomic E-state index is 12.3. The van der Waals surface area contributed by atoms with Gasteiger partial charge in [0.2, 0.25) is 0 Å². The molecule has 0 saturated heterocycles. The second kappa shape index (κ2) is 11.0. The van der Waals surface area contributed by atoms with Crippen LogP contribution in [0.3, 0.4) is 0 Å². The highest BCUT2D eigenvalue weighted by Crippen LogP contribution is 2.26. The third kappa shape index (κ3) is 6.20. The molecule has 2 aromatic carbocycles. The molecule has 30 heavy (non-hydrogen) atoms. The van der Waals surface area contributed by atoms with Gasteiger partial charge in [0.1, 0.15) is 0 Å². The number of pyridine rings is 1. The van der Waals surface area contributed by atoms with E-state index in [2.05, 4.69) is 22.5 Å². The topological polar surface area (TPSA) is 54.0 Å². The quantitative estimate of drug-likeness (QED) is 0.372.